The summed E-state index contributed by atoms with van der Waals surface area (Å²) in [4.78, 5) is 27.3. The lowest BCUT2D eigenvalue weighted by Gasteiger charge is -2.24. The van der Waals surface area contributed by atoms with Crippen LogP contribution in [0, 0.1) is 23.0 Å². The zero-order valence-electron chi connectivity index (χ0n) is 11.0. The van der Waals surface area contributed by atoms with Crippen molar-refractivity contribution in [2.45, 2.75) is 26.3 Å². The van der Waals surface area contributed by atoms with Crippen molar-refractivity contribution in [3.05, 3.63) is 15.9 Å². The van der Waals surface area contributed by atoms with Gasteiger partial charge in [-0.2, -0.15) is 0 Å². The monoisotopic (exact) mass is 268 g/mol. The van der Waals surface area contributed by atoms with Crippen molar-refractivity contribution in [3.63, 3.8) is 0 Å². The van der Waals surface area contributed by atoms with Crippen molar-refractivity contribution < 1.29 is 14.8 Å². The molecule has 1 aliphatic rings. The van der Waals surface area contributed by atoms with Gasteiger partial charge in [0.2, 0.25) is 11.6 Å². The van der Waals surface area contributed by atoms with Crippen molar-refractivity contribution in [2.24, 2.45) is 13.0 Å². The van der Waals surface area contributed by atoms with Gasteiger partial charge < -0.3 is 20.1 Å². The summed E-state index contributed by atoms with van der Waals surface area (Å²) in [5.41, 5.74) is 0. The van der Waals surface area contributed by atoms with E-state index in [9.17, 15) is 14.9 Å². The van der Waals surface area contributed by atoms with E-state index in [2.05, 4.69) is 4.98 Å². The molecule has 8 heteroatoms. The molecular weight excluding hydrogens is 252 g/mol. The first kappa shape index (κ1) is 13.3. The Bertz CT molecular complexity index is 539. The number of imidazole rings is 1. The fourth-order valence-electron chi connectivity index (χ4n) is 2.59. The molecule has 1 N–H and O–H groups in total. The maximum Gasteiger partial charge on any atom is 0.406 e. The minimum Gasteiger partial charge on any atom is -0.481 e. The van der Waals surface area contributed by atoms with E-state index in [1.807, 2.05) is 0 Å². The molecule has 1 saturated heterocycles. The van der Waals surface area contributed by atoms with E-state index < -0.39 is 16.8 Å². The fourth-order valence-corrected chi connectivity index (χ4v) is 2.59. The Balaban J connectivity index is 2.43. The number of anilines is 1. The molecule has 104 valence electrons. The SMILES string of the molecule is Cc1nc([N+](=O)[O-])c(N2CCC(C(=O)O)C2C)n1C. The number of aromatic nitrogens is 2. The van der Waals surface area contributed by atoms with Gasteiger partial charge in [-0.3, -0.25) is 9.36 Å². The molecule has 1 aliphatic heterocycles. The van der Waals surface area contributed by atoms with Crippen molar-refractivity contribution in [1.82, 2.24) is 9.55 Å². The highest BCUT2D eigenvalue weighted by Crippen LogP contribution is 2.35. The molecule has 0 saturated carbocycles. The highest BCUT2D eigenvalue weighted by Gasteiger charge is 2.40. The smallest absolute Gasteiger partial charge is 0.406 e. The van der Waals surface area contributed by atoms with Gasteiger partial charge in [-0.25, -0.2) is 0 Å². The highest BCUT2D eigenvalue weighted by molar-refractivity contribution is 5.73. The standard InChI is InChI=1S/C11H16N4O4/c1-6-8(11(16)17)4-5-14(6)10-9(15(18)19)12-7(2)13(10)3/h6,8H,4-5H2,1-3H3,(H,16,17). The molecule has 2 atom stereocenters. The molecule has 0 bridgehead atoms. The van der Waals surface area contributed by atoms with Gasteiger partial charge in [0.25, 0.3) is 0 Å². The predicted molar refractivity (Wildman–Crippen MR) is 67.2 cm³/mol. The second-order valence-electron chi connectivity index (χ2n) is 4.79. The van der Waals surface area contributed by atoms with Gasteiger partial charge in [0, 0.05) is 26.6 Å². The highest BCUT2D eigenvalue weighted by atomic mass is 16.6. The van der Waals surface area contributed by atoms with Crippen LogP contribution >= 0.6 is 0 Å². The Kier molecular flexibility index (Phi) is 3.17. The third-order valence-electron chi connectivity index (χ3n) is 3.79. The molecule has 2 heterocycles. The van der Waals surface area contributed by atoms with E-state index >= 15 is 0 Å². The third kappa shape index (κ3) is 2.02. The topological polar surface area (TPSA) is 102 Å². The van der Waals surface area contributed by atoms with Crippen LogP contribution in [0.2, 0.25) is 0 Å². The van der Waals surface area contributed by atoms with Crippen molar-refractivity contribution in [2.75, 3.05) is 11.4 Å². The van der Waals surface area contributed by atoms with E-state index in [1.54, 1.807) is 30.4 Å². The lowest BCUT2D eigenvalue weighted by Crippen LogP contribution is -2.34. The van der Waals surface area contributed by atoms with Crippen LogP contribution in [-0.4, -0.2) is 38.1 Å². The van der Waals surface area contributed by atoms with Gasteiger partial charge in [0.1, 0.15) is 0 Å². The first-order valence-electron chi connectivity index (χ1n) is 6.01. The zero-order chi connectivity index (χ0) is 14.3. The summed E-state index contributed by atoms with van der Waals surface area (Å²) >= 11 is 0. The number of hydrogen-bond acceptors (Lipinski definition) is 5. The number of carbonyl (C=O) groups is 1. The first-order chi connectivity index (χ1) is 8.84. The fraction of sp³-hybridized carbons (Fsp3) is 0.636. The van der Waals surface area contributed by atoms with E-state index in [0.29, 0.717) is 24.6 Å². The number of rotatable bonds is 3. The van der Waals surface area contributed by atoms with Crippen molar-refractivity contribution in [3.8, 4) is 0 Å². The van der Waals surface area contributed by atoms with Crippen LogP contribution in [0.5, 0.6) is 0 Å². The minimum absolute atomic E-state index is 0.210. The molecule has 1 aromatic heterocycles. The Morgan fingerprint density at radius 1 is 1.58 bits per heavy atom. The average molecular weight is 268 g/mol. The normalized spacial score (nSPS) is 22.8. The number of hydrogen-bond donors (Lipinski definition) is 1. The van der Waals surface area contributed by atoms with E-state index in [4.69, 9.17) is 5.11 Å². The summed E-state index contributed by atoms with van der Waals surface area (Å²) in [6, 6.07) is -0.286. The van der Waals surface area contributed by atoms with Gasteiger partial charge in [-0.1, -0.05) is 0 Å². The first-order valence-corrected chi connectivity index (χ1v) is 6.01. The van der Waals surface area contributed by atoms with Crippen LogP contribution < -0.4 is 4.90 Å². The van der Waals surface area contributed by atoms with E-state index in [1.165, 1.54) is 0 Å². The van der Waals surface area contributed by atoms with Gasteiger partial charge in [0.05, 0.1) is 5.92 Å². The molecule has 1 fully saturated rings. The lowest BCUT2D eigenvalue weighted by molar-refractivity contribution is -0.388. The molecule has 0 amide bonds. The molecule has 0 aromatic carbocycles. The number of nitro groups is 1. The van der Waals surface area contributed by atoms with Crippen LogP contribution in [-0.2, 0) is 11.8 Å². The number of carboxylic acid groups (broad SMARTS) is 1. The molecule has 8 nitrogen and oxygen atoms in total. The number of aryl methyl sites for hydroxylation is 1. The largest absolute Gasteiger partial charge is 0.481 e. The van der Waals surface area contributed by atoms with Crippen molar-refractivity contribution >= 4 is 17.6 Å². The Morgan fingerprint density at radius 2 is 2.21 bits per heavy atom. The zero-order valence-corrected chi connectivity index (χ0v) is 11.0. The molecule has 2 unspecified atom stereocenters. The van der Waals surface area contributed by atoms with Crippen LogP contribution in [0.25, 0.3) is 0 Å². The molecule has 0 spiro atoms. The average Bonchev–Trinajstić information content (AvgIpc) is 2.82. The predicted octanol–water partition coefficient (Wildman–Crippen LogP) is 0.936. The van der Waals surface area contributed by atoms with Crippen LogP contribution in [0.15, 0.2) is 0 Å². The Morgan fingerprint density at radius 3 is 2.68 bits per heavy atom. The summed E-state index contributed by atoms with van der Waals surface area (Å²) < 4.78 is 1.64. The second kappa shape index (κ2) is 4.52. The number of carboxylic acids is 1. The quantitative estimate of drug-likeness (QED) is 0.646. The number of nitrogens with zero attached hydrogens (tertiary/aromatic N) is 4. The Labute approximate surface area is 109 Å². The summed E-state index contributed by atoms with van der Waals surface area (Å²) in [5.74, 6) is -0.657. The summed E-state index contributed by atoms with van der Waals surface area (Å²) in [6.07, 6.45) is 0.484. The van der Waals surface area contributed by atoms with Gasteiger partial charge in [-0.05, 0) is 23.3 Å². The molecule has 0 aliphatic carbocycles. The maximum atomic E-state index is 11.1. The van der Waals surface area contributed by atoms with Gasteiger partial charge in [-0.15, -0.1) is 0 Å². The summed E-state index contributed by atoms with van der Waals surface area (Å²) in [7, 11) is 1.70. The molecule has 0 radical (unpaired) electrons. The molecule has 2 rings (SSSR count). The molecular formula is C11H16N4O4. The summed E-state index contributed by atoms with van der Waals surface area (Å²) in [6.45, 7) is 3.95. The Hall–Kier alpha value is -2.12. The van der Waals surface area contributed by atoms with Crippen molar-refractivity contribution in [1.29, 1.82) is 0 Å². The minimum atomic E-state index is -0.864. The van der Waals surface area contributed by atoms with E-state index in [0.717, 1.165) is 0 Å². The van der Waals surface area contributed by atoms with Gasteiger partial charge in [0.15, 0.2) is 0 Å². The third-order valence-corrected chi connectivity index (χ3v) is 3.79. The maximum absolute atomic E-state index is 11.1. The summed E-state index contributed by atoms with van der Waals surface area (Å²) in [5, 5.41) is 20.2. The number of aliphatic carboxylic acids is 1. The van der Waals surface area contributed by atoms with Crippen LogP contribution in [0.4, 0.5) is 11.6 Å². The second-order valence-corrected chi connectivity index (χ2v) is 4.79. The van der Waals surface area contributed by atoms with Crippen LogP contribution in [0.3, 0.4) is 0 Å². The molecule has 19 heavy (non-hydrogen) atoms. The lowest BCUT2D eigenvalue weighted by atomic mass is 10.0. The van der Waals surface area contributed by atoms with E-state index in [-0.39, 0.29) is 11.9 Å². The van der Waals surface area contributed by atoms with Gasteiger partial charge >= 0.3 is 11.8 Å². The molecule has 1 aromatic rings. The van der Waals surface area contributed by atoms with Crippen LogP contribution in [0.1, 0.15) is 19.2 Å².